The largest absolute Gasteiger partial charge is 0.348 e. The van der Waals surface area contributed by atoms with Crippen LogP contribution in [0.25, 0.3) is 38.9 Å². The molecule has 2 saturated carbocycles. The Labute approximate surface area is 248 Å². The average molecular weight is 576 g/mol. The number of benzene rings is 2. The van der Waals surface area contributed by atoms with E-state index in [-0.39, 0.29) is 24.2 Å². The number of aromatic nitrogens is 3. The van der Waals surface area contributed by atoms with Crippen LogP contribution in [0, 0.1) is 18.8 Å². The monoisotopic (exact) mass is 575 g/mol. The number of nitrogens with one attached hydrogen (secondary N) is 1. The van der Waals surface area contributed by atoms with Gasteiger partial charge in [-0.15, -0.1) is 0 Å². The number of ketones is 1. The lowest BCUT2D eigenvalue weighted by Crippen LogP contribution is -2.36. The molecule has 4 heterocycles. The van der Waals surface area contributed by atoms with Gasteiger partial charge in [0.1, 0.15) is 11.9 Å². The number of carbonyl (C=O) groups excluding carboxylic acids is 2. The van der Waals surface area contributed by atoms with E-state index in [0.29, 0.717) is 30.9 Å². The molecule has 0 spiro atoms. The number of halogens is 1. The molecule has 2 fully saturated rings. The summed E-state index contributed by atoms with van der Waals surface area (Å²) in [6.45, 7) is 3.58. The molecule has 3 aliphatic rings. The molecule has 43 heavy (non-hydrogen) atoms. The molecular formula is C35H34FN5O2. The average Bonchev–Trinajstić information content (AvgIpc) is 3.53. The van der Waals surface area contributed by atoms with Gasteiger partial charge < -0.3 is 15.6 Å². The second-order valence-electron chi connectivity index (χ2n) is 12.8. The zero-order chi connectivity index (χ0) is 29.4. The minimum absolute atomic E-state index is 0.0153. The van der Waals surface area contributed by atoms with E-state index in [1.54, 1.807) is 10.7 Å². The van der Waals surface area contributed by atoms with Crippen LogP contribution < -0.4 is 11.1 Å². The Morgan fingerprint density at radius 2 is 1.84 bits per heavy atom. The summed E-state index contributed by atoms with van der Waals surface area (Å²) in [5.41, 5.74) is 15.5. The Bertz CT molecular complexity index is 1940. The number of fused-ring (bicyclic) bond motifs is 3. The van der Waals surface area contributed by atoms with Crippen LogP contribution in [0.2, 0.25) is 0 Å². The molecule has 3 aromatic heterocycles. The van der Waals surface area contributed by atoms with Crippen molar-refractivity contribution < 1.29 is 14.0 Å². The molecule has 1 aliphatic heterocycles. The van der Waals surface area contributed by atoms with Gasteiger partial charge in [-0.3, -0.25) is 9.59 Å². The van der Waals surface area contributed by atoms with Gasteiger partial charge in [-0.1, -0.05) is 24.3 Å². The number of pyridine rings is 1. The maximum absolute atomic E-state index is 14.2. The maximum Gasteiger partial charge on any atom is 0.251 e. The van der Waals surface area contributed by atoms with Crippen molar-refractivity contribution in [1.82, 2.24) is 19.5 Å². The summed E-state index contributed by atoms with van der Waals surface area (Å²) in [5.74, 6) is 0.166. The Kier molecular flexibility index (Phi) is 6.05. The zero-order valence-electron chi connectivity index (χ0n) is 24.1. The van der Waals surface area contributed by atoms with E-state index in [4.69, 9.17) is 10.8 Å². The number of hydrogen-bond acceptors (Lipinski definition) is 4. The third kappa shape index (κ3) is 4.56. The first-order valence-electron chi connectivity index (χ1n) is 15.3. The van der Waals surface area contributed by atoms with Gasteiger partial charge in [0, 0.05) is 58.8 Å². The fourth-order valence-corrected chi connectivity index (χ4v) is 7.08. The second kappa shape index (κ2) is 9.88. The molecule has 3 atom stereocenters. The summed E-state index contributed by atoms with van der Waals surface area (Å²) < 4.78 is 18.4. The highest BCUT2D eigenvalue weighted by molar-refractivity contribution is 6.00. The first-order valence-corrected chi connectivity index (χ1v) is 15.3. The molecule has 7 nitrogen and oxygen atoms in total. The lowest BCUT2D eigenvalue weighted by molar-refractivity contribution is 0.0822. The summed E-state index contributed by atoms with van der Waals surface area (Å²) in [7, 11) is 0. The first-order chi connectivity index (χ1) is 20.8. The Morgan fingerprint density at radius 3 is 2.65 bits per heavy atom. The van der Waals surface area contributed by atoms with E-state index >= 15 is 0 Å². The number of amides is 1. The highest BCUT2D eigenvalue weighted by atomic mass is 19.1. The Balaban J connectivity index is 1.19. The molecule has 5 aromatic rings. The Hall–Kier alpha value is -4.30. The number of nitrogens with two attached hydrogens (primary N) is 1. The van der Waals surface area contributed by atoms with Crippen LogP contribution in [-0.4, -0.2) is 38.1 Å². The third-order valence-electron chi connectivity index (χ3n) is 9.63. The van der Waals surface area contributed by atoms with Gasteiger partial charge in [-0.05, 0) is 92.0 Å². The van der Waals surface area contributed by atoms with E-state index in [9.17, 15) is 14.0 Å². The minimum Gasteiger partial charge on any atom is -0.348 e. The van der Waals surface area contributed by atoms with Crippen LogP contribution in [0.4, 0.5) is 4.39 Å². The van der Waals surface area contributed by atoms with Gasteiger partial charge in [0.2, 0.25) is 0 Å². The summed E-state index contributed by atoms with van der Waals surface area (Å²) in [6, 6.07) is 18.3. The first kappa shape index (κ1) is 26.3. The molecule has 1 amide bonds. The minimum atomic E-state index is -1.03. The SMILES string of the molecule is Cc1c(-c2cc3ccc(-c4ccc5c(c4)C(=O)NC5)cc3n2CC2CC2)nn2cc(C(=O)C3C[C@H](N)C[C@@H](F)C3)ccc12. The highest BCUT2D eigenvalue weighted by Gasteiger charge is 2.32. The number of aryl methyl sites for hydroxylation is 1. The van der Waals surface area contributed by atoms with Crippen molar-refractivity contribution in [3.8, 4) is 22.5 Å². The van der Waals surface area contributed by atoms with Crippen molar-refractivity contribution in [3.05, 3.63) is 83.0 Å². The molecular weight excluding hydrogens is 541 g/mol. The Morgan fingerprint density at radius 1 is 1.02 bits per heavy atom. The molecule has 0 bridgehead atoms. The number of rotatable bonds is 6. The predicted octanol–water partition coefficient (Wildman–Crippen LogP) is 6.23. The van der Waals surface area contributed by atoms with Gasteiger partial charge in [-0.25, -0.2) is 8.91 Å². The lowest BCUT2D eigenvalue weighted by atomic mass is 9.81. The van der Waals surface area contributed by atoms with Crippen molar-refractivity contribution in [2.75, 3.05) is 0 Å². The van der Waals surface area contributed by atoms with Gasteiger partial charge in [-0.2, -0.15) is 5.10 Å². The molecule has 0 radical (unpaired) electrons. The topological polar surface area (TPSA) is 94.4 Å². The maximum atomic E-state index is 14.2. The number of nitrogens with zero attached hydrogens (tertiary/aromatic N) is 3. The molecule has 2 aromatic carbocycles. The number of alkyl halides is 1. The second-order valence-corrected chi connectivity index (χ2v) is 12.8. The molecule has 1 unspecified atom stereocenters. The van der Waals surface area contributed by atoms with Crippen LogP contribution in [0.5, 0.6) is 0 Å². The van der Waals surface area contributed by atoms with Crippen molar-refractivity contribution in [3.63, 3.8) is 0 Å². The molecule has 3 N–H and O–H groups in total. The number of hydrogen-bond donors (Lipinski definition) is 2. The van der Waals surface area contributed by atoms with Crippen LogP contribution in [0.3, 0.4) is 0 Å². The third-order valence-corrected chi connectivity index (χ3v) is 9.63. The fraction of sp³-hybridized carbons (Fsp3) is 0.343. The summed E-state index contributed by atoms with van der Waals surface area (Å²) in [5, 5.41) is 9.06. The van der Waals surface area contributed by atoms with Gasteiger partial charge >= 0.3 is 0 Å². The molecule has 2 aliphatic carbocycles. The van der Waals surface area contributed by atoms with E-state index in [2.05, 4.69) is 47.1 Å². The molecule has 0 saturated heterocycles. The van der Waals surface area contributed by atoms with Crippen LogP contribution in [-0.2, 0) is 13.1 Å². The van der Waals surface area contributed by atoms with Gasteiger partial charge in [0.25, 0.3) is 5.91 Å². The molecule has 8 rings (SSSR count). The fourth-order valence-electron chi connectivity index (χ4n) is 7.08. The van der Waals surface area contributed by atoms with Crippen LogP contribution in [0.15, 0.2) is 60.8 Å². The summed E-state index contributed by atoms with van der Waals surface area (Å²) in [6.07, 6.45) is 4.27. The summed E-state index contributed by atoms with van der Waals surface area (Å²) >= 11 is 0. The lowest BCUT2D eigenvalue weighted by Gasteiger charge is -2.28. The number of Topliss-reactive ketones (excluding diaryl/α,β-unsaturated/α-hetero) is 1. The van der Waals surface area contributed by atoms with Gasteiger partial charge in [0.15, 0.2) is 5.78 Å². The quantitative estimate of drug-likeness (QED) is 0.235. The highest BCUT2D eigenvalue weighted by Crippen LogP contribution is 2.39. The van der Waals surface area contributed by atoms with Crippen molar-refractivity contribution in [2.45, 2.75) is 64.3 Å². The summed E-state index contributed by atoms with van der Waals surface area (Å²) in [4.78, 5) is 25.6. The van der Waals surface area contributed by atoms with E-state index in [1.165, 1.54) is 12.8 Å². The van der Waals surface area contributed by atoms with E-state index in [0.717, 1.165) is 62.2 Å². The standard InChI is InChI=1S/C35H34FN5O2/c1-19-30-9-8-25(34(42)26-10-27(36)15-28(37)11-26)18-41(30)39-33(19)32-14-23-6-4-22(13-31(23)40(32)17-20-2-3-20)21-5-7-24-16-38-35(43)29(24)12-21/h4-9,12-14,18,20,26-28H,2-3,10-11,15-17,37H2,1H3,(H,38,43)/t26?,27-,28-/m0/s1. The van der Waals surface area contributed by atoms with Crippen molar-refractivity contribution in [2.24, 2.45) is 17.6 Å². The van der Waals surface area contributed by atoms with Crippen molar-refractivity contribution >= 4 is 28.1 Å². The molecule has 218 valence electrons. The number of carbonyl (C=O) groups is 2. The van der Waals surface area contributed by atoms with Crippen molar-refractivity contribution in [1.29, 1.82) is 0 Å². The molecule has 8 heteroatoms. The normalized spacial score (nSPS) is 21.8. The zero-order valence-corrected chi connectivity index (χ0v) is 24.1. The predicted molar refractivity (Wildman–Crippen MR) is 165 cm³/mol. The van der Waals surface area contributed by atoms with E-state index < -0.39 is 12.1 Å². The van der Waals surface area contributed by atoms with Gasteiger partial charge in [0.05, 0.1) is 11.2 Å². The van der Waals surface area contributed by atoms with E-state index in [1.807, 2.05) is 24.3 Å². The van der Waals surface area contributed by atoms with Crippen LogP contribution >= 0.6 is 0 Å². The smallest absolute Gasteiger partial charge is 0.251 e. The van der Waals surface area contributed by atoms with Crippen LogP contribution in [0.1, 0.15) is 63.9 Å².